The Balaban J connectivity index is 1.60. The predicted octanol–water partition coefficient (Wildman–Crippen LogP) is 3.44. The number of carbonyl (C=O) groups excluding carboxylic acids is 1. The Morgan fingerprint density at radius 2 is 2.00 bits per heavy atom. The number of rotatable bonds is 4. The van der Waals surface area contributed by atoms with E-state index in [2.05, 4.69) is 10.3 Å². The summed E-state index contributed by atoms with van der Waals surface area (Å²) in [6, 6.07) is 9.43. The summed E-state index contributed by atoms with van der Waals surface area (Å²) in [6.45, 7) is 0. The largest absolute Gasteiger partial charge is 0.324 e. The molecule has 1 aliphatic carbocycles. The average Bonchev–Trinajstić information content (AvgIpc) is 2.76. The first-order valence-corrected chi connectivity index (χ1v) is 8.63. The van der Waals surface area contributed by atoms with Gasteiger partial charge in [-0.2, -0.15) is 0 Å². The topological polar surface area (TPSA) is 68.0 Å². The maximum atomic E-state index is 12.2. The molecule has 1 heterocycles. The first-order chi connectivity index (χ1) is 10.7. The van der Waals surface area contributed by atoms with Gasteiger partial charge in [-0.25, -0.2) is 4.98 Å². The van der Waals surface area contributed by atoms with Gasteiger partial charge in [0.15, 0.2) is 5.13 Å². The molecule has 0 fully saturated rings. The van der Waals surface area contributed by atoms with E-state index in [-0.39, 0.29) is 18.4 Å². The second-order valence-corrected chi connectivity index (χ2v) is 6.80. The van der Waals surface area contributed by atoms with Crippen molar-refractivity contribution in [3.63, 3.8) is 0 Å². The summed E-state index contributed by atoms with van der Waals surface area (Å²) in [5, 5.41) is 3.63. The number of hydrogen-bond donors (Lipinski definition) is 2. The van der Waals surface area contributed by atoms with Gasteiger partial charge >= 0.3 is 0 Å². The molecule has 1 amide bonds. The first kappa shape index (κ1) is 15.2. The number of anilines is 1. The Hall–Kier alpha value is -1.72. The highest BCUT2D eigenvalue weighted by atomic mass is 32.1. The Labute approximate surface area is 134 Å². The summed E-state index contributed by atoms with van der Waals surface area (Å²) in [4.78, 5) is 18.1. The van der Waals surface area contributed by atoms with Crippen LogP contribution in [0.4, 0.5) is 5.13 Å². The standard InChI is InChI=1S/C17H21N3OS/c18-13(12-7-3-1-4-8-12)11-16(21)20-17-19-14-9-5-2-6-10-15(14)22-17/h1,3-4,7-8,13H,2,5-6,9-11,18H2,(H,19,20,21). The van der Waals surface area contributed by atoms with Crippen molar-refractivity contribution < 1.29 is 4.79 Å². The number of nitrogens with two attached hydrogens (primary N) is 1. The molecule has 3 N–H and O–H groups in total. The summed E-state index contributed by atoms with van der Waals surface area (Å²) in [5.41, 5.74) is 8.24. The van der Waals surface area contributed by atoms with Gasteiger partial charge < -0.3 is 11.1 Å². The molecule has 0 spiro atoms. The first-order valence-electron chi connectivity index (χ1n) is 7.81. The molecule has 1 aliphatic rings. The minimum atomic E-state index is -0.279. The molecule has 5 heteroatoms. The smallest absolute Gasteiger partial charge is 0.228 e. The number of carbonyl (C=O) groups is 1. The lowest BCUT2D eigenvalue weighted by atomic mass is 10.0. The predicted molar refractivity (Wildman–Crippen MR) is 90.0 cm³/mol. The number of nitrogens with one attached hydrogen (secondary N) is 1. The Bertz CT molecular complexity index is 615. The van der Waals surface area contributed by atoms with Gasteiger partial charge in [0.05, 0.1) is 5.69 Å². The zero-order valence-electron chi connectivity index (χ0n) is 12.5. The fourth-order valence-electron chi connectivity index (χ4n) is 2.77. The number of aryl methyl sites for hydroxylation is 2. The van der Waals surface area contributed by atoms with Gasteiger partial charge in [0, 0.05) is 17.3 Å². The van der Waals surface area contributed by atoms with Gasteiger partial charge in [-0.1, -0.05) is 36.8 Å². The molecule has 1 aromatic heterocycles. The lowest BCUT2D eigenvalue weighted by molar-refractivity contribution is -0.116. The van der Waals surface area contributed by atoms with Crippen molar-refractivity contribution in [1.82, 2.24) is 4.98 Å². The summed E-state index contributed by atoms with van der Waals surface area (Å²) in [6.07, 6.45) is 6.09. The van der Waals surface area contributed by atoms with Crippen LogP contribution < -0.4 is 11.1 Å². The number of aromatic nitrogens is 1. The van der Waals surface area contributed by atoms with Crippen LogP contribution in [-0.2, 0) is 17.6 Å². The molecular weight excluding hydrogens is 294 g/mol. The van der Waals surface area contributed by atoms with Crippen LogP contribution in [0.2, 0.25) is 0 Å². The van der Waals surface area contributed by atoms with Gasteiger partial charge in [-0.05, 0) is 31.2 Å². The van der Waals surface area contributed by atoms with Crippen LogP contribution >= 0.6 is 11.3 Å². The minimum Gasteiger partial charge on any atom is -0.324 e. The Morgan fingerprint density at radius 3 is 2.82 bits per heavy atom. The SMILES string of the molecule is NC(CC(=O)Nc1nc2c(s1)CCCCC2)c1ccccc1. The van der Waals surface area contributed by atoms with E-state index >= 15 is 0 Å². The molecule has 4 nitrogen and oxygen atoms in total. The maximum absolute atomic E-state index is 12.2. The number of hydrogen-bond acceptors (Lipinski definition) is 4. The second kappa shape index (κ2) is 7.03. The second-order valence-electron chi connectivity index (χ2n) is 5.72. The third kappa shape index (κ3) is 3.72. The van der Waals surface area contributed by atoms with Crippen molar-refractivity contribution in [3.05, 3.63) is 46.5 Å². The number of nitrogens with zero attached hydrogens (tertiary/aromatic N) is 1. The highest BCUT2D eigenvalue weighted by Crippen LogP contribution is 2.29. The summed E-state index contributed by atoms with van der Waals surface area (Å²) in [7, 11) is 0. The Morgan fingerprint density at radius 1 is 1.23 bits per heavy atom. The van der Waals surface area contributed by atoms with E-state index in [1.165, 1.54) is 29.8 Å². The van der Waals surface area contributed by atoms with Crippen LogP contribution in [0.15, 0.2) is 30.3 Å². The average molecular weight is 315 g/mol. The van der Waals surface area contributed by atoms with Gasteiger partial charge in [-0.3, -0.25) is 4.79 Å². The molecule has 1 unspecified atom stereocenters. The third-order valence-electron chi connectivity index (χ3n) is 3.98. The van der Waals surface area contributed by atoms with E-state index in [1.54, 1.807) is 11.3 Å². The van der Waals surface area contributed by atoms with E-state index in [0.29, 0.717) is 0 Å². The fourth-order valence-corrected chi connectivity index (χ4v) is 3.84. The molecule has 22 heavy (non-hydrogen) atoms. The third-order valence-corrected chi connectivity index (χ3v) is 5.05. The fraction of sp³-hybridized carbons (Fsp3) is 0.412. The van der Waals surface area contributed by atoms with Gasteiger partial charge in [-0.15, -0.1) is 11.3 Å². The van der Waals surface area contributed by atoms with E-state index in [4.69, 9.17) is 5.73 Å². The van der Waals surface area contributed by atoms with E-state index in [0.717, 1.165) is 23.5 Å². The van der Waals surface area contributed by atoms with E-state index < -0.39 is 0 Å². The van der Waals surface area contributed by atoms with Gasteiger partial charge in [0.1, 0.15) is 0 Å². The molecule has 2 aromatic rings. The van der Waals surface area contributed by atoms with Crippen molar-refractivity contribution in [3.8, 4) is 0 Å². The van der Waals surface area contributed by atoms with Gasteiger partial charge in [0.2, 0.25) is 5.91 Å². The molecule has 1 aromatic carbocycles. The zero-order chi connectivity index (χ0) is 15.4. The van der Waals surface area contributed by atoms with Crippen LogP contribution in [0.3, 0.4) is 0 Å². The van der Waals surface area contributed by atoms with Crippen molar-refractivity contribution in [2.24, 2.45) is 5.73 Å². The molecule has 0 saturated carbocycles. The molecule has 3 rings (SSSR count). The van der Waals surface area contributed by atoms with Crippen LogP contribution in [0, 0.1) is 0 Å². The van der Waals surface area contributed by atoms with Crippen molar-refractivity contribution in [2.75, 3.05) is 5.32 Å². The normalized spacial score (nSPS) is 15.7. The summed E-state index contributed by atoms with van der Waals surface area (Å²) < 4.78 is 0. The molecule has 1 atom stereocenters. The Kier molecular flexibility index (Phi) is 4.85. The lowest BCUT2D eigenvalue weighted by Gasteiger charge is -2.11. The van der Waals surface area contributed by atoms with E-state index in [1.807, 2.05) is 30.3 Å². The quantitative estimate of drug-likeness (QED) is 0.849. The number of fused-ring (bicyclic) bond motifs is 1. The molecule has 0 saturated heterocycles. The number of amides is 1. The molecule has 0 aliphatic heterocycles. The van der Waals surface area contributed by atoms with Crippen LogP contribution in [-0.4, -0.2) is 10.9 Å². The maximum Gasteiger partial charge on any atom is 0.228 e. The monoisotopic (exact) mass is 315 g/mol. The molecule has 0 bridgehead atoms. The summed E-state index contributed by atoms with van der Waals surface area (Å²) >= 11 is 1.62. The van der Waals surface area contributed by atoms with Crippen LogP contribution in [0.25, 0.3) is 0 Å². The van der Waals surface area contributed by atoms with Crippen molar-refractivity contribution >= 4 is 22.4 Å². The number of thiazole rings is 1. The van der Waals surface area contributed by atoms with Crippen LogP contribution in [0.1, 0.15) is 47.9 Å². The zero-order valence-corrected chi connectivity index (χ0v) is 13.4. The minimum absolute atomic E-state index is 0.0692. The molecule has 0 radical (unpaired) electrons. The van der Waals surface area contributed by atoms with Crippen molar-refractivity contribution in [1.29, 1.82) is 0 Å². The highest BCUT2D eigenvalue weighted by molar-refractivity contribution is 7.15. The number of benzene rings is 1. The van der Waals surface area contributed by atoms with Gasteiger partial charge in [0.25, 0.3) is 0 Å². The highest BCUT2D eigenvalue weighted by Gasteiger charge is 2.17. The summed E-state index contributed by atoms with van der Waals surface area (Å²) in [5.74, 6) is -0.0692. The molecule has 116 valence electrons. The lowest BCUT2D eigenvalue weighted by Crippen LogP contribution is -2.20. The van der Waals surface area contributed by atoms with E-state index in [9.17, 15) is 4.79 Å². The van der Waals surface area contributed by atoms with Crippen LogP contribution in [0.5, 0.6) is 0 Å². The molecular formula is C17H21N3OS. The van der Waals surface area contributed by atoms with Crippen molar-refractivity contribution in [2.45, 2.75) is 44.6 Å².